The van der Waals surface area contributed by atoms with Crippen LogP contribution >= 0.6 is 0 Å². The normalized spacial score (nSPS) is 9.42. The first-order valence-corrected chi connectivity index (χ1v) is 3.82. The monoisotopic (exact) mass is 163 g/mol. The highest BCUT2D eigenvalue weighted by Crippen LogP contribution is 2.24. The van der Waals surface area contributed by atoms with Gasteiger partial charge in [0.15, 0.2) is 0 Å². The molecule has 0 aliphatic rings. The van der Waals surface area contributed by atoms with E-state index >= 15 is 0 Å². The third-order valence-electron chi connectivity index (χ3n) is 1.74. The first kappa shape index (κ1) is 8.65. The third kappa shape index (κ3) is 1.59. The molecule has 2 heteroatoms. The summed E-state index contributed by atoms with van der Waals surface area (Å²) in [5.41, 5.74) is 7.57. The largest absolute Gasteiger partial charge is 0.495 e. The van der Waals surface area contributed by atoms with E-state index in [0.29, 0.717) is 5.69 Å². The highest BCUT2D eigenvalue weighted by molar-refractivity contribution is 5.58. The number of anilines is 1. The van der Waals surface area contributed by atoms with Gasteiger partial charge >= 0.3 is 0 Å². The molecular formula is C10H13NO. The van der Waals surface area contributed by atoms with E-state index in [1.54, 1.807) is 7.11 Å². The first-order chi connectivity index (χ1) is 5.79. The summed E-state index contributed by atoms with van der Waals surface area (Å²) >= 11 is 0. The van der Waals surface area contributed by atoms with E-state index in [2.05, 4.69) is 6.58 Å². The highest BCUT2D eigenvalue weighted by atomic mass is 16.5. The van der Waals surface area contributed by atoms with Crippen molar-refractivity contribution >= 4 is 5.69 Å². The number of nitrogen functional groups attached to an aromatic ring is 1. The van der Waals surface area contributed by atoms with Crippen LogP contribution in [-0.2, 0) is 6.42 Å². The van der Waals surface area contributed by atoms with E-state index < -0.39 is 0 Å². The molecule has 0 aliphatic carbocycles. The molecule has 64 valence electrons. The van der Waals surface area contributed by atoms with Crippen LogP contribution < -0.4 is 10.5 Å². The van der Waals surface area contributed by atoms with Gasteiger partial charge in [-0.2, -0.15) is 0 Å². The SMILES string of the molecule is C=CCc1cccc(OC)c1N. The molecule has 0 radical (unpaired) electrons. The van der Waals surface area contributed by atoms with Gasteiger partial charge in [-0.05, 0) is 18.1 Å². The van der Waals surface area contributed by atoms with Gasteiger partial charge in [0.05, 0.1) is 12.8 Å². The van der Waals surface area contributed by atoms with E-state index in [-0.39, 0.29) is 0 Å². The number of hydrogen-bond acceptors (Lipinski definition) is 2. The average molecular weight is 163 g/mol. The number of hydrogen-bond donors (Lipinski definition) is 1. The average Bonchev–Trinajstić information content (AvgIpc) is 2.09. The first-order valence-electron chi connectivity index (χ1n) is 3.82. The van der Waals surface area contributed by atoms with Crippen molar-refractivity contribution in [1.29, 1.82) is 0 Å². The van der Waals surface area contributed by atoms with Crippen LogP contribution in [0.2, 0.25) is 0 Å². The van der Waals surface area contributed by atoms with Gasteiger partial charge in [-0.3, -0.25) is 0 Å². The molecule has 0 spiro atoms. The van der Waals surface area contributed by atoms with Gasteiger partial charge in [0.2, 0.25) is 0 Å². The Bertz CT molecular complexity index is 281. The molecule has 0 heterocycles. The lowest BCUT2D eigenvalue weighted by Crippen LogP contribution is -1.96. The smallest absolute Gasteiger partial charge is 0.142 e. The van der Waals surface area contributed by atoms with Crippen LogP contribution in [0, 0.1) is 0 Å². The molecule has 2 nitrogen and oxygen atoms in total. The third-order valence-corrected chi connectivity index (χ3v) is 1.74. The summed E-state index contributed by atoms with van der Waals surface area (Å²) in [6.07, 6.45) is 2.61. The second-order valence-electron chi connectivity index (χ2n) is 2.53. The van der Waals surface area contributed by atoms with Gasteiger partial charge in [0.25, 0.3) is 0 Å². The Balaban J connectivity index is 3.04. The Labute approximate surface area is 72.7 Å². The van der Waals surface area contributed by atoms with Crippen LogP contribution in [0.15, 0.2) is 30.9 Å². The molecule has 1 aromatic carbocycles. The Hall–Kier alpha value is -1.44. The molecular weight excluding hydrogens is 150 g/mol. The quantitative estimate of drug-likeness (QED) is 0.546. The summed E-state index contributed by atoms with van der Waals surface area (Å²) in [6.45, 7) is 3.66. The molecule has 0 unspecified atom stereocenters. The lowest BCUT2D eigenvalue weighted by atomic mass is 10.1. The van der Waals surface area contributed by atoms with Crippen molar-refractivity contribution in [3.8, 4) is 5.75 Å². The van der Waals surface area contributed by atoms with Gasteiger partial charge < -0.3 is 10.5 Å². The van der Waals surface area contributed by atoms with E-state index in [4.69, 9.17) is 10.5 Å². The lowest BCUT2D eigenvalue weighted by Gasteiger charge is -2.07. The van der Waals surface area contributed by atoms with Crippen molar-refractivity contribution in [3.63, 3.8) is 0 Å². The molecule has 0 aromatic heterocycles. The van der Waals surface area contributed by atoms with Gasteiger partial charge in [-0.15, -0.1) is 6.58 Å². The Morgan fingerprint density at radius 1 is 1.58 bits per heavy atom. The summed E-state index contributed by atoms with van der Waals surface area (Å²) in [5, 5.41) is 0. The molecule has 0 bridgehead atoms. The summed E-state index contributed by atoms with van der Waals surface area (Å²) in [4.78, 5) is 0. The van der Waals surface area contributed by atoms with Crippen LogP contribution in [0.4, 0.5) is 5.69 Å². The predicted octanol–water partition coefficient (Wildman–Crippen LogP) is 2.01. The van der Waals surface area contributed by atoms with Crippen LogP contribution in [0.5, 0.6) is 5.75 Å². The van der Waals surface area contributed by atoms with Crippen molar-refractivity contribution < 1.29 is 4.74 Å². The maximum Gasteiger partial charge on any atom is 0.142 e. The van der Waals surface area contributed by atoms with Crippen LogP contribution in [0.25, 0.3) is 0 Å². The summed E-state index contributed by atoms with van der Waals surface area (Å²) in [7, 11) is 1.61. The fraction of sp³-hybridized carbons (Fsp3) is 0.200. The number of benzene rings is 1. The van der Waals surface area contributed by atoms with Crippen LogP contribution in [-0.4, -0.2) is 7.11 Å². The number of methoxy groups -OCH3 is 1. The number of para-hydroxylation sites is 1. The Morgan fingerprint density at radius 3 is 2.92 bits per heavy atom. The van der Waals surface area contributed by atoms with E-state index in [9.17, 15) is 0 Å². The summed E-state index contributed by atoms with van der Waals surface area (Å²) in [6, 6.07) is 5.75. The van der Waals surface area contributed by atoms with Gasteiger partial charge in [0.1, 0.15) is 5.75 Å². The van der Waals surface area contributed by atoms with Crippen molar-refractivity contribution in [2.75, 3.05) is 12.8 Å². The van der Waals surface area contributed by atoms with Crippen molar-refractivity contribution in [2.24, 2.45) is 0 Å². The van der Waals surface area contributed by atoms with E-state index in [1.165, 1.54) is 0 Å². The van der Waals surface area contributed by atoms with Crippen molar-refractivity contribution in [2.45, 2.75) is 6.42 Å². The fourth-order valence-corrected chi connectivity index (χ4v) is 1.10. The van der Waals surface area contributed by atoms with Gasteiger partial charge in [-0.25, -0.2) is 0 Å². The minimum absolute atomic E-state index is 0.708. The van der Waals surface area contributed by atoms with Gasteiger partial charge in [-0.1, -0.05) is 18.2 Å². The second-order valence-corrected chi connectivity index (χ2v) is 2.53. The molecule has 0 fully saturated rings. The number of nitrogens with two attached hydrogens (primary N) is 1. The molecule has 0 saturated carbocycles. The van der Waals surface area contributed by atoms with Crippen LogP contribution in [0.3, 0.4) is 0 Å². The number of rotatable bonds is 3. The van der Waals surface area contributed by atoms with Crippen molar-refractivity contribution in [3.05, 3.63) is 36.4 Å². The Kier molecular flexibility index (Phi) is 2.75. The molecule has 0 saturated heterocycles. The zero-order valence-electron chi connectivity index (χ0n) is 7.21. The zero-order valence-corrected chi connectivity index (χ0v) is 7.21. The summed E-state index contributed by atoms with van der Waals surface area (Å²) in [5.74, 6) is 0.731. The molecule has 1 rings (SSSR count). The second kappa shape index (κ2) is 3.81. The highest BCUT2D eigenvalue weighted by Gasteiger charge is 2.01. The lowest BCUT2D eigenvalue weighted by molar-refractivity contribution is 0.416. The molecule has 2 N–H and O–H groups in total. The number of ether oxygens (including phenoxy) is 1. The zero-order chi connectivity index (χ0) is 8.97. The fourth-order valence-electron chi connectivity index (χ4n) is 1.10. The van der Waals surface area contributed by atoms with Crippen molar-refractivity contribution in [1.82, 2.24) is 0 Å². The number of allylic oxidation sites excluding steroid dienone is 1. The molecule has 0 atom stereocenters. The van der Waals surface area contributed by atoms with E-state index in [0.717, 1.165) is 17.7 Å². The van der Waals surface area contributed by atoms with Crippen LogP contribution in [0.1, 0.15) is 5.56 Å². The summed E-state index contributed by atoms with van der Waals surface area (Å²) < 4.78 is 5.07. The molecule has 0 aliphatic heterocycles. The molecule has 12 heavy (non-hydrogen) atoms. The standard InChI is InChI=1S/C10H13NO/c1-3-5-8-6-4-7-9(12-2)10(8)11/h3-4,6-7H,1,5,11H2,2H3. The molecule has 0 amide bonds. The minimum atomic E-state index is 0.708. The maximum atomic E-state index is 5.81. The maximum absolute atomic E-state index is 5.81. The van der Waals surface area contributed by atoms with Gasteiger partial charge in [0, 0.05) is 0 Å². The minimum Gasteiger partial charge on any atom is -0.495 e. The molecule has 1 aromatic rings. The Morgan fingerprint density at radius 2 is 2.33 bits per heavy atom. The predicted molar refractivity (Wildman–Crippen MR) is 51.3 cm³/mol. The topological polar surface area (TPSA) is 35.2 Å². The van der Waals surface area contributed by atoms with E-state index in [1.807, 2.05) is 24.3 Å².